The first-order valence-electron chi connectivity index (χ1n) is 9.30. The van der Waals surface area contributed by atoms with Gasteiger partial charge in [0.15, 0.2) is 0 Å². The molecule has 0 aliphatic rings. The van der Waals surface area contributed by atoms with E-state index in [4.69, 9.17) is 9.15 Å². The highest BCUT2D eigenvalue weighted by molar-refractivity contribution is 5.94. The Balaban J connectivity index is 1.78. The molecular formula is C23H24O6. The molecule has 0 fully saturated rings. The predicted octanol–water partition coefficient (Wildman–Crippen LogP) is 4.40. The van der Waals surface area contributed by atoms with Crippen molar-refractivity contribution in [2.45, 2.75) is 32.8 Å². The molecule has 0 bridgehead atoms. The third kappa shape index (κ3) is 4.60. The smallest absolute Gasteiger partial charge is 0.204 e. The van der Waals surface area contributed by atoms with E-state index in [1.54, 1.807) is 25.1 Å². The Hall–Kier alpha value is -3.25. The summed E-state index contributed by atoms with van der Waals surface area (Å²) in [4.78, 5) is 12.8. The van der Waals surface area contributed by atoms with E-state index in [2.05, 4.69) is 6.58 Å². The van der Waals surface area contributed by atoms with Gasteiger partial charge in [-0.2, -0.15) is 0 Å². The Labute approximate surface area is 168 Å². The summed E-state index contributed by atoms with van der Waals surface area (Å²) in [5, 5.41) is 29.7. The van der Waals surface area contributed by atoms with Gasteiger partial charge in [-0.25, -0.2) is 0 Å². The Kier molecular flexibility index (Phi) is 5.94. The van der Waals surface area contributed by atoms with Gasteiger partial charge in [0.2, 0.25) is 5.43 Å². The molecule has 3 N–H and O–H groups in total. The van der Waals surface area contributed by atoms with Gasteiger partial charge in [-0.3, -0.25) is 4.79 Å². The molecule has 0 aliphatic heterocycles. The minimum atomic E-state index is -0.507. The van der Waals surface area contributed by atoms with Crippen LogP contribution in [-0.4, -0.2) is 28.0 Å². The van der Waals surface area contributed by atoms with E-state index in [0.717, 1.165) is 23.6 Å². The lowest BCUT2D eigenvalue weighted by molar-refractivity contribution is 0.201. The van der Waals surface area contributed by atoms with Crippen molar-refractivity contribution in [3.05, 3.63) is 64.4 Å². The van der Waals surface area contributed by atoms with Crippen molar-refractivity contribution >= 4 is 21.9 Å². The van der Waals surface area contributed by atoms with E-state index in [-0.39, 0.29) is 27.9 Å². The number of aromatic hydroxyl groups is 2. The van der Waals surface area contributed by atoms with Crippen molar-refractivity contribution in [2.24, 2.45) is 0 Å². The van der Waals surface area contributed by atoms with Crippen molar-refractivity contribution in [1.29, 1.82) is 0 Å². The standard InChI is InChI=1S/C23H24O6/c1-13(2)18(25)6-4-14(3)8-9-28-16-5-7-20-17(12-16)23(27)22-19(26)10-15(24)11-21(22)29-20/h5,7-8,10-12,18,24-26H,1,4,6,9H2,2-3H3/b14-8+/t18-/m1/s1. The summed E-state index contributed by atoms with van der Waals surface area (Å²) in [5.41, 5.74) is 1.88. The van der Waals surface area contributed by atoms with Crippen LogP contribution in [0.1, 0.15) is 26.7 Å². The van der Waals surface area contributed by atoms with E-state index < -0.39 is 11.5 Å². The van der Waals surface area contributed by atoms with Gasteiger partial charge in [0.1, 0.15) is 40.4 Å². The number of rotatable bonds is 7. The predicted molar refractivity (Wildman–Crippen MR) is 113 cm³/mol. The summed E-state index contributed by atoms with van der Waals surface area (Å²) in [5.74, 6) is -0.0266. The van der Waals surface area contributed by atoms with Crippen LogP contribution in [0.2, 0.25) is 0 Å². The SMILES string of the molecule is C=C(C)[C@H](O)CC/C(C)=C/COc1ccc2oc3cc(O)cc(O)c3c(=O)c2c1. The minimum Gasteiger partial charge on any atom is -0.508 e. The Morgan fingerprint density at radius 1 is 1.21 bits per heavy atom. The number of aliphatic hydroxyl groups excluding tert-OH is 1. The largest absolute Gasteiger partial charge is 0.508 e. The van der Waals surface area contributed by atoms with Crippen LogP contribution in [0.4, 0.5) is 0 Å². The maximum absolute atomic E-state index is 12.8. The first-order chi connectivity index (χ1) is 13.8. The Morgan fingerprint density at radius 2 is 1.97 bits per heavy atom. The van der Waals surface area contributed by atoms with Gasteiger partial charge >= 0.3 is 0 Å². The zero-order chi connectivity index (χ0) is 21.1. The maximum atomic E-state index is 12.8. The Morgan fingerprint density at radius 3 is 2.69 bits per heavy atom. The van der Waals surface area contributed by atoms with Crippen molar-refractivity contribution in [3.8, 4) is 17.2 Å². The van der Waals surface area contributed by atoms with E-state index in [1.807, 2.05) is 13.0 Å². The minimum absolute atomic E-state index is 0.0132. The highest BCUT2D eigenvalue weighted by Gasteiger charge is 2.13. The lowest BCUT2D eigenvalue weighted by Gasteiger charge is -2.10. The van der Waals surface area contributed by atoms with Gasteiger partial charge in [-0.15, -0.1) is 0 Å². The first kappa shape index (κ1) is 20.5. The topological polar surface area (TPSA) is 100 Å². The molecule has 6 nitrogen and oxygen atoms in total. The summed E-state index contributed by atoms with van der Waals surface area (Å²) in [6, 6.07) is 7.27. The maximum Gasteiger partial charge on any atom is 0.204 e. The van der Waals surface area contributed by atoms with Crippen molar-refractivity contribution in [1.82, 2.24) is 0 Å². The average molecular weight is 396 g/mol. The Bertz CT molecular complexity index is 1160. The van der Waals surface area contributed by atoms with Gasteiger partial charge in [0.05, 0.1) is 11.5 Å². The van der Waals surface area contributed by atoms with Crippen LogP contribution < -0.4 is 10.2 Å². The molecule has 1 atom stereocenters. The van der Waals surface area contributed by atoms with Crippen LogP contribution in [0.3, 0.4) is 0 Å². The number of phenols is 2. The monoisotopic (exact) mass is 396 g/mol. The number of allylic oxidation sites excluding steroid dienone is 1. The second kappa shape index (κ2) is 8.41. The summed E-state index contributed by atoms with van der Waals surface area (Å²) in [6.07, 6.45) is 2.76. The summed E-state index contributed by atoms with van der Waals surface area (Å²) < 4.78 is 11.4. The summed E-state index contributed by atoms with van der Waals surface area (Å²) in [6.45, 7) is 7.82. The summed E-state index contributed by atoms with van der Waals surface area (Å²) in [7, 11) is 0. The second-order valence-corrected chi connectivity index (χ2v) is 7.19. The van der Waals surface area contributed by atoms with Crippen LogP contribution >= 0.6 is 0 Å². The molecule has 2 aromatic carbocycles. The molecule has 3 aromatic rings. The molecule has 1 aromatic heterocycles. The molecule has 29 heavy (non-hydrogen) atoms. The molecule has 152 valence electrons. The molecule has 6 heteroatoms. The van der Waals surface area contributed by atoms with Crippen molar-refractivity contribution < 1.29 is 24.5 Å². The van der Waals surface area contributed by atoms with Crippen LogP contribution in [0.5, 0.6) is 17.2 Å². The highest BCUT2D eigenvalue weighted by atomic mass is 16.5. The van der Waals surface area contributed by atoms with Crippen LogP contribution in [0, 0.1) is 0 Å². The fourth-order valence-electron chi connectivity index (χ4n) is 3.01. The quantitative estimate of drug-likeness (QED) is 0.404. The van der Waals surface area contributed by atoms with Gasteiger partial charge < -0.3 is 24.5 Å². The van der Waals surface area contributed by atoms with E-state index in [9.17, 15) is 20.1 Å². The molecule has 0 saturated heterocycles. The number of benzene rings is 2. The summed E-state index contributed by atoms with van der Waals surface area (Å²) >= 11 is 0. The van der Waals surface area contributed by atoms with E-state index in [0.29, 0.717) is 24.4 Å². The van der Waals surface area contributed by atoms with Gasteiger partial charge in [-0.05, 0) is 51.0 Å². The number of fused-ring (bicyclic) bond motifs is 2. The molecule has 0 amide bonds. The number of ether oxygens (including phenoxy) is 1. The fraction of sp³-hybridized carbons (Fsp3) is 0.261. The zero-order valence-corrected chi connectivity index (χ0v) is 16.4. The molecule has 0 unspecified atom stereocenters. The second-order valence-electron chi connectivity index (χ2n) is 7.19. The molecule has 0 saturated carbocycles. The number of phenolic OH excluding ortho intramolecular Hbond substituents is 2. The van der Waals surface area contributed by atoms with Crippen molar-refractivity contribution in [3.63, 3.8) is 0 Å². The molecule has 1 heterocycles. The number of hydrogen-bond donors (Lipinski definition) is 3. The molecular weight excluding hydrogens is 372 g/mol. The van der Waals surface area contributed by atoms with E-state index in [1.165, 1.54) is 6.07 Å². The van der Waals surface area contributed by atoms with Crippen LogP contribution in [0.25, 0.3) is 21.9 Å². The van der Waals surface area contributed by atoms with Gasteiger partial charge in [0.25, 0.3) is 0 Å². The van der Waals surface area contributed by atoms with Crippen LogP contribution in [0.15, 0.2) is 63.3 Å². The third-order valence-corrected chi connectivity index (χ3v) is 4.77. The van der Waals surface area contributed by atoms with E-state index >= 15 is 0 Å². The normalized spacial score (nSPS) is 13.0. The first-order valence-corrected chi connectivity index (χ1v) is 9.30. The lowest BCUT2D eigenvalue weighted by Crippen LogP contribution is -2.07. The third-order valence-electron chi connectivity index (χ3n) is 4.77. The van der Waals surface area contributed by atoms with Crippen molar-refractivity contribution in [2.75, 3.05) is 6.61 Å². The number of hydrogen-bond acceptors (Lipinski definition) is 6. The zero-order valence-electron chi connectivity index (χ0n) is 16.4. The molecule has 0 spiro atoms. The average Bonchev–Trinajstić information content (AvgIpc) is 2.65. The number of aliphatic hydroxyl groups is 1. The fourth-order valence-corrected chi connectivity index (χ4v) is 3.01. The van der Waals surface area contributed by atoms with Crippen LogP contribution in [-0.2, 0) is 0 Å². The van der Waals surface area contributed by atoms with Gasteiger partial charge in [-0.1, -0.05) is 17.7 Å². The molecule has 3 rings (SSSR count). The van der Waals surface area contributed by atoms with Gasteiger partial charge in [0, 0.05) is 12.1 Å². The molecule has 0 aliphatic carbocycles. The highest BCUT2D eigenvalue weighted by Crippen LogP contribution is 2.30. The lowest BCUT2D eigenvalue weighted by atomic mass is 10.0. The molecule has 0 radical (unpaired) electrons.